The van der Waals surface area contributed by atoms with Gasteiger partial charge in [0.05, 0.1) is 18.3 Å². The van der Waals surface area contributed by atoms with Gasteiger partial charge in [-0.05, 0) is 33.8 Å². The molecule has 0 unspecified atom stereocenters. The number of fused-ring (bicyclic) bond motifs is 1. The summed E-state index contributed by atoms with van der Waals surface area (Å²) in [5.74, 6) is -0.697. The van der Waals surface area contributed by atoms with E-state index in [-0.39, 0.29) is 5.89 Å². The van der Waals surface area contributed by atoms with Gasteiger partial charge < -0.3 is 18.5 Å². The molecule has 0 aliphatic carbocycles. The summed E-state index contributed by atoms with van der Waals surface area (Å²) >= 11 is 0. The maximum Gasteiger partial charge on any atom is 0.497 e. The second-order valence-electron chi connectivity index (χ2n) is 6.29. The topological polar surface area (TPSA) is 70.8 Å². The molecule has 0 saturated carbocycles. The first-order valence-electron chi connectivity index (χ1n) is 7.08. The van der Waals surface area contributed by atoms with Crippen molar-refractivity contribution < 1.29 is 23.3 Å². The van der Waals surface area contributed by atoms with E-state index in [4.69, 9.17) is 13.7 Å². The van der Waals surface area contributed by atoms with Crippen LogP contribution >= 0.6 is 0 Å². The molecule has 0 amide bonds. The monoisotopic (exact) mass is 303 g/mol. The van der Waals surface area contributed by atoms with Crippen LogP contribution in [0, 0.1) is 0 Å². The maximum atomic E-state index is 11.6. The fourth-order valence-electron chi connectivity index (χ4n) is 2.30. The second kappa shape index (κ2) is 4.82. The lowest BCUT2D eigenvalue weighted by molar-refractivity contribution is 0.00578. The molecular weight excluding hydrogens is 285 g/mol. The summed E-state index contributed by atoms with van der Waals surface area (Å²) in [6, 6.07) is 5.41. The van der Waals surface area contributed by atoms with Crippen LogP contribution in [0.15, 0.2) is 22.6 Å². The van der Waals surface area contributed by atoms with Gasteiger partial charge in [0, 0.05) is 5.46 Å². The van der Waals surface area contributed by atoms with Gasteiger partial charge in [-0.3, -0.25) is 0 Å². The van der Waals surface area contributed by atoms with Gasteiger partial charge in [-0.1, -0.05) is 12.1 Å². The molecule has 1 aromatic carbocycles. The molecular formula is C15H18BNO5. The van der Waals surface area contributed by atoms with E-state index in [0.29, 0.717) is 11.1 Å². The average Bonchev–Trinajstić information content (AvgIpc) is 2.96. The molecule has 1 aromatic heterocycles. The van der Waals surface area contributed by atoms with E-state index in [1.54, 1.807) is 6.07 Å². The van der Waals surface area contributed by atoms with Crippen LogP contribution in [-0.4, -0.2) is 36.4 Å². The highest BCUT2D eigenvalue weighted by Gasteiger charge is 2.52. The van der Waals surface area contributed by atoms with Crippen LogP contribution in [0.2, 0.25) is 0 Å². The first-order valence-corrected chi connectivity index (χ1v) is 7.08. The lowest BCUT2D eigenvalue weighted by Gasteiger charge is -2.32. The van der Waals surface area contributed by atoms with E-state index in [1.807, 2.05) is 39.8 Å². The van der Waals surface area contributed by atoms with Gasteiger partial charge in [0.2, 0.25) is 0 Å². The SMILES string of the molecule is COC(=O)c1nc2c(B3OC(C)(C)C(C)(C)O3)cccc2o1. The minimum Gasteiger partial charge on any atom is -0.462 e. The molecule has 2 aromatic rings. The Kier molecular flexibility index (Phi) is 3.30. The Morgan fingerprint density at radius 1 is 1.18 bits per heavy atom. The summed E-state index contributed by atoms with van der Waals surface area (Å²) in [6.07, 6.45) is 0. The predicted octanol–water partition coefficient (Wildman–Crippen LogP) is 1.91. The van der Waals surface area contributed by atoms with Crippen LogP contribution in [0.4, 0.5) is 0 Å². The number of ether oxygens (including phenoxy) is 1. The third kappa shape index (κ3) is 2.21. The van der Waals surface area contributed by atoms with Gasteiger partial charge in [0.1, 0.15) is 5.52 Å². The summed E-state index contributed by atoms with van der Waals surface area (Å²) in [4.78, 5) is 15.8. The molecule has 1 aliphatic heterocycles. The Morgan fingerprint density at radius 3 is 2.41 bits per heavy atom. The van der Waals surface area contributed by atoms with Crippen molar-refractivity contribution >= 4 is 29.7 Å². The zero-order valence-electron chi connectivity index (χ0n) is 13.3. The van der Waals surface area contributed by atoms with E-state index in [1.165, 1.54) is 7.11 Å². The van der Waals surface area contributed by atoms with Gasteiger partial charge in [0.15, 0.2) is 5.58 Å². The Hall–Kier alpha value is -1.86. The Morgan fingerprint density at radius 2 is 1.82 bits per heavy atom. The Balaban J connectivity index is 2.05. The fourth-order valence-corrected chi connectivity index (χ4v) is 2.30. The van der Waals surface area contributed by atoms with Crippen molar-refractivity contribution in [1.82, 2.24) is 4.98 Å². The molecule has 0 N–H and O–H groups in total. The lowest BCUT2D eigenvalue weighted by atomic mass is 9.78. The lowest BCUT2D eigenvalue weighted by Crippen LogP contribution is -2.41. The van der Waals surface area contributed by atoms with Crippen molar-refractivity contribution in [1.29, 1.82) is 0 Å². The molecule has 116 valence electrons. The van der Waals surface area contributed by atoms with Gasteiger partial charge >= 0.3 is 19.0 Å². The molecule has 1 saturated heterocycles. The first-order chi connectivity index (χ1) is 10.2. The number of para-hydroxylation sites is 1. The Labute approximate surface area is 128 Å². The molecule has 6 nitrogen and oxygen atoms in total. The van der Waals surface area contributed by atoms with E-state index >= 15 is 0 Å². The molecule has 0 bridgehead atoms. The number of rotatable bonds is 2. The highest BCUT2D eigenvalue weighted by molar-refractivity contribution is 6.64. The molecule has 7 heteroatoms. The molecule has 0 atom stereocenters. The average molecular weight is 303 g/mol. The number of hydrogen-bond acceptors (Lipinski definition) is 6. The van der Waals surface area contributed by atoms with E-state index in [9.17, 15) is 4.79 Å². The van der Waals surface area contributed by atoms with Crippen LogP contribution in [0.25, 0.3) is 11.1 Å². The van der Waals surface area contributed by atoms with E-state index < -0.39 is 24.3 Å². The number of hydrogen-bond donors (Lipinski definition) is 0. The van der Waals surface area contributed by atoms with Crippen molar-refractivity contribution in [3.8, 4) is 0 Å². The van der Waals surface area contributed by atoms with Crippen LogP contribution < -0.4 is 5.46 Å². The quantitative estimate of drug-likeness (QED) is 0.623. The van der Waals surface area contributed by atoms with Crippen molar-refractivity contribution in [2.45, 2.75) is 38.9 Å². The number of carbonyl (C=O) groups excluding carboxylic acids is 1. The van der Waals surface area contributed by atoms with E-state index in [0.717, 1.165) is 5.46 Å². The van der Waals surface area contributed by atoms with Crippen molar-refractivity contribution in [3.63, 3.8) is 0 Å². The maximum absolute atomic E-state index is 11.6. The summed E-state index contributed by atoms with van der Waals surface area (Å²) in [6.45, 7) is 7.93. The minimum absolute atomic E-state index is 0.0820. The van der Waals surface area contributed by atoms with Crippen LogP contribution in [0.1, 0.15) is 38.4 Å². The normalized spacial score (nSPS) is 19.6. The number of nitrogens with zero attached hydrogens (tertiary/aromatic N) is 1. The van der Waals surface area contributed by atoms with Gasteiger partial charge in [-0.2, -0.15) is 0 Å². The highest BCUT2D eigenvalue weighted by Crippen LogP contribution is 2.37. The molecule has 1 aliphatic rings. The standard InChI is InChI=1S/C15H18BNO5/c1-14(2)15(3,4)22-16(21-14)9-7-6-8-10-11(9)17-12(20-10)13(18)19-5/h6-8H,1-5H3. The van der Waals surface area contributed by atoms with Crippen LogP contribution in [0.3, 0.4) is 0 Å². The molecule has 0 radical (unpaired) electrons. The number of carbonyl (C=O) groups is 1. The van der Waals surface area contributed by atoms with E-state index in [2.05, 4.69) is 9.72 Å². The molecule has 3 rings (SSSR count). The molecule has 22 heavy (non-hydrogen) atoms. The number of methoxy groups -OCH3 is 1. The third-order valence-electron chi connectivity index (χ3n) is 4.32. The van der Waals surface area contributed by atoms with Crippen molar-refractivity contribution in [2.24, 2.45) is 0 Å². The first kappa shape index (κ1) is 15.1. The van der Waals surface area contributed by atoms with Gasteiger partial charge in [-0.15, -0.1) is 0 Å². The largest absolute Gasteiger partial charge is 0.497 e. The summed E-state index contributed by atoms with van der Waals surface area (Å²) in [7, 11) is 0.719. The highest BCUT2D eigenvalue weighted by atomic mass is 16.7. The summed E-state index contributed by atoms with van der Waals surface area (Å²) in [5, 5.41) is 0. The molecule has 2 heterocycles. The van der Waals surface area contributed by atoms with Crippen LogP contribution in [-0.2, 0) is 14.0 Å². The predicted molar refractivity (Wildman–Crippen MR) is 81.1 cm³/mol. The van der Waals surface area contributed by atoms with Gasteiger partial charge in [0.25, 0.3) is 0 Å². The van der Waals surface area contributed by atoms with Gasteiger partial charge in [-0.25, -0.2) is 9.78 Å². The fraction of sp³-hybridized carbons (Fsp3) is 0.467. The zero-order chi connectivity index (χ0) is 16.1. The van der Waals surface area contributed by atoms with Crippen molar-refractivity contribution in [2.75, 3.05) is 7.11 Å². The second-order valence-corrected chi connectivity index (χ2v) is 6.29. The van der Waals surface area contributed by atoms with Crippen molar-refractivity contribution in [3.05, 3.63) is 24.1 Å². The number of esters is 1. The summed E-state index contributed by atoms with van der Waals surface area (Å²) in [5.41, 5.74) is 0.868. The zero-order valence-corrected chi connectivity index (χ0v) is 13.3. The third-order valence-corrected chi connectivity index (χ3v) is 4.32. The Bertz CT molecular complexity index is 721. The molecule has 0 spiro atoms. The smallest absolute Gasteiger partial charge is 0.462 e. The number of aromatic nitrogens is 1. The van der Waals surface area contributed by atoms with Crippen LogP contribution in [0.5, 0.6) is 0 Å². The number of oxazole rings is 1. The molecule has 1 fully saturated rings. The number of benzene rings is 1. The minimum atomic E-state index is -0.615. The summed E-state index contributed by atoms with van der Waals surface area (Å²) < 4.78 is 22.1.